The minimum Gasteiger partial charge on any atom is -0.496 e. The lowest BCUT2D eigenvalue weighted by atomic mass is 9.73. The summed E-state index contributed by atoms with van der Waals surface area (Å²) in [6.07, 6.45) is 2.60. The van der Waals surface area contributed by atoms with Crippen molar-refractivity contribution in [2.75, 3.05) is 12.4 Å². The second kappa shape index (κ2) is 5.97. The number of carbonyl (C=O) groups excluding carboxylic acids is 2. The Bertz CT molecular complexity index is 987. The van der Waals surface area contributed by atoms with Gasteiger partial charge in [0.2, 0.25) is 0 Å². The number of nitrogens with zero attached hydrogens (tertiary/aromatic N) is 2. The first-order chi connectivity index (χ1) is 12.8. The molecule has 2 aromatic rings. The van der Waals surface area contributed by atoms with Crippen LogP contribution in [0.15, 0.2) is 41.7 Å². The van der Waals surface area contributed by atoms with Gasteiger partial charge in [0, 0.05) is 23.3 Å². The van der Waals surface area contributed by atoms with Crippen molar-refractivity contribution in [1.29, 1.82) is 0 Å². The number of ketones is 1. The van der Waals surface area contributed by atoms with E-state index in [9.17, 15) is 9.59 Å². The number of hydrogen-bond acceptors (Lipinski definition) is 5. The van der Waals surface area contributed by atoms with E-state index in [4.69, 9.17) is 10.5 Å². The SMILES string of the molecule is COc1ccccc1[C@@H]1C2=C(CC(C)(C)CC2=O)Nc2c(C(N)=O)cnn21. The monoisotopic (exact) mass is 366 g/mol. The van der Waals surface area contributed by atoms with Crippen molar-refractivity contribution >= 4 is 17.5 Å². The first-order valence-electron chi connectivity index (χ1n) is 8.86. The molecular formula is C20H22N4O3. The minimum absolute atomic E-state index is 0.0754. The van der Waals surface area contributed by atoms with Crippen LogP contribution in [0.2, 0.25) is 0 Å². The smallest absolute Gasteiger partial charge is 0.254 e. The van der Waals surface area contributed by atoms with Crippen LogP contribution < -0.4 is 15.8 Å². The van der Waals surface area contributed by atoms with Gasteiger partial charge in [0.25, 0.3) is 5.91 Å². The van der Waals surface area contributed by atoms with Gasteiger partial charge in [-0.05, 0) is 17.9 Å². The number of amides is 1. The molecular weight excluding hydrogens is 344 g/mol. The quantitative estimate of drug-likeness (QED) is 0.870. The number of rotatable bonds is 3. The average molecular weight is 366 g/mol. The third-order valence-electron chi connectivity index (χ3n) is 5.20. The normalized spacial score (nSPS) is 20.6. The average Bonchev–Trinajstić information content (AvgIpc) is 3.02. The van der Waals surface area contributed by atoms with Crippen LogP contribution in [-0.4, -0.2) is 28.6 Å². The van der Waals surface area contributed by atoms with E-state index < -0.39 is 11.9 Å². The third-order valence-corrected chi connectivity index (χ3v) is 5.20. The molecule has 0 unspecified atom stereocenters. The first-order valence-corrected chi connectivity index (χ1v) is 8.86. The van der Waals surface area contributed by atoms with Crippen molar-refractivity contribution in [3.05, 3.63) is 52.9 Å². The minimum atomic E-state index is -0.562. The first kappa shape index (κ1) is 17.3. The number of ether oxygens (including phenoxy) is 1. The Morgan fingerprint density at radius 2 is 2.07 bits per heavy atom. The van der Waals surface area contributed by atoms with E-state index in [-0.39, 0.29) is 11.2 Å². The van der Waals surface area contributed by atoms with Crippen LogP contribution in [0.25, 0.3) is 0 Å². The van der Waals surface area contributed by atoms with Gasteiger partial charge in [-0.25, -0.2) is 4.68 Å². The number of benzene rings is 1. The van der Waals surface area contributed by atoms with E-state index in [0.717, 1.165) is 11.3 Å². The topological polar surface area (TPSA) is 99.2 Å². The van der Waals surface area contributed by atoms with Gasteiger partial charge in [0.1, 0.15) is 23.2 Å². The highest BCUT2D eigenvalue weighted by atomic mass is 16.5. The van der Waals surface area contributed by atoms with Crippen LogP contribution in [0.3, 0.4) is 0 Å². The second-order valence-electron chi connectivity index (χ2n) is 7.82. The number of methoxy groups -OCH3 is 1. The Balaban J connectivity index is 1.98. The highest BCUT2D eigenvalue weighted by Gasteiger charge is 2.42. The molecule has 0 saturated heterocycles. The maximum absolute atomic E-state index is 13.1. The summed E-state index contributed by atoms with van der Waals surface area (Å²) in [7, 11) is 1.60. The Labute approximate surface area is 157 Å². The van der Waals surface area contributed by atoms with E-state index >= 15 is 0 Å². The highest BCUT2D eigenvalue weighted by molar-refractivity contribution is 6.02. The van der Waals surface area contributed by atoms with Crippen LogP contribution in [0.4, 0.5) is 5.82 Å². The van der Waals surface area contributed by atoms with Crippen molar-refractivity contribution in [2.45, 2.75) is 32.7 Å². The highest BCUT2D eigenvalue weighted by Crippen LogP contribution is 2.47. The maximum Gasteiger partial charge on any atom is 0.254 e. The zero-order valence-corrected chi connectivity index (χ0v) is 15.6. The van der Waals surface area contributed by atoms with Gasteiger partial charge in [-0.2, -0.15) is 5.10 Å². The lowest BCUT2D eigenvalue weighted by molar-refractivity contribution is -0.118. The van der Waals surface area contributed by atoms with Crippen LogP contribution in [0.1, 0.15) is 48.7 Å². The van der Waals surface area contributed by atoms with E-state index in [1.54, 1.807) is 11.8 Å². The molecule has 4 rings (SSSR count). The van der Waals surface area contributed by atoms with Crippen molar-refractivity contribution in [3.8, 4) is 5.75 Å². The molecule has 3 N–H and O–H groups in total. The van der Waals surface area contributed by atoms with Crippen LogP contribution in [0, 0.1) is 5.41 Å². The number of nitrogens with two attached hydrogens (primary N) is 1. The Hall–Kier alpha value is -3.09. The third kappa shape index (κ3) is 2.70. The molecule has 1 aromatic heterocycles. The molecule has 2 aliphatic rings. The molecule has 1 atom stereocenters. The fraction of sp³-hybridized carbons (Fsp3) is 0.350. The summed E-state index contributed by atoms with van der Waals surface area (Å²) in [4.78, 5) is 25.0. The number of anilines is 1. The molecule has 0 fully saturated rings. The zero-order valence-electron chi connectivity index (χ0n) is 15.6. The number of allylic oxidation sites excluding steroid dienone is 2. The fourth-order valence-corrected chi connectivity index (χ4v) is 4.07. The second-order valence-corrected chi connectivity index (χ2v) is 7.82. The van der Waals surface area contributed by atoms with Crippen molar-refractivity contribution in [3.63, 3.8) is 0 Å². The van der Waals surface area contributed by atoms with E-state index in [0.29, 0.717) is 35.5 Å². The summed E-state index contributed by atoms with van der Waals surface area (Å²) in [5.74, 6) is 0.693. The number of primary amides is 1. The van der Waals surface area contributed by atoms with Crippen LogP contribution in [-0.2, 0) is 4.79 Å². The predicted octanol–water partition coefficient (Wildman–Crippen LogP) is 2.65. The summed E-state index contributed by atoms with van der Waals surface area (Å²) in [5.41, 5.74) is 7.99. The molecule has 1 aromatic carbocycles. The molecule has 1 aliphatic carbocycles. The molecule has 27 heavy (non-hydrogen) atoms. The Morgan fingerprint density at radius 3 is 2.78 bits per heavy atom. The van der Waals surface area contributed by atoms with Gasteiger partial charge >= 0.3 is 0 Å². The predicted molar refractivity (Wildman–Crippen MR) is 101 cm³/mol. The fourth-order valence-electron chi connectivity index (χ4n) is 4.07. The van der Waals surface area contributed by atoms with Crippen LogP contribution >= 0.6 is 0 Å². The zero-order chi connectivity index (χ0) is 19.3. The molecule has 1 aliphatic heterocycles. The number of fused-ring (bicyclic) bond motifs is 1. The van der Waals surface area contributed by atoms with E-state index in [1.165, 1.54) is 6.20 Å². The van der Waals surface area contributed by atoms with Gasteiger partial charge in [-0.15, -0.1) is 0 Å². The van der Waals surface area contributed by atoms with Gasteiger partial charge in [0.05, 0.1) is 13.3 Å². The van der Waals surface area contributed by atoms with Crippen LogP contribution in [0.5, 0.6) is 5.75 Å². The molecule has 0 saturated carbocycles. The van der Waals surface area contributed by atoms with Gasteiger partial charge in [-0.1, -0.05) is 32.0 Å². The standard InChI is InChI=1S/C20H22N4O3/c1-20(2)8-13-16(14(25)9-20)17(11-6-4-5-7-15(11)27-3)24-19(23-13)12(10-22-24)18(21)26/h4-7,10,17,23H,8-9H2,1-3H3,(H2,21,26)/t17-/m1/s1. The van der Waals surface area contributed by atoms with Crippen molar-refractivity contribution in [2.24, 2.45) is 11.1 Å². The molecule has 0 radical (unpaired) electrons. The number of carbonyl (C=O) groups is 2. The van der Waals surface area contributed by atoms with E-state index in [2.05, 4.69) is 24.3 Å². The lowest BCUT2D eigenvalue weighted by Crippen LogP contribution is -2.37. The summed E-state index contributed by atoms with van der Waals surface area (Å²) in [5, 5.41) is 7.65. The number of Topliss-reactive ketones (excluding diaryl/α,β-unsaturated/α-hetero) is 1. The maximum atomic E-state index is 13.1. The molecule has 1 amide bonds. The number of nitrogens with one attached hydrogen (secondary N) is 1. The van der Waals surface area contributed by atoms with Crippen molar-refractivity contribution in [1.82, 2.24) is 9.78 Å². The molecule has 2 heterocycles. The number of para-hydroxylation sites is 1. The Kier molecular flexibility index (Phi) is 3.83. The molecule has 7 heteroatoms. The van der Waals surface area contributed by atoms with Gasteiger partial charge in [0.15, 0.2) is 5.78 Å². The summed E-state index contributed by atoms with van der Waals surface area (Å²) in [6, 6.07) is 7.08. The van der Waals surface area contributed by atoms with Gasteiger partial charge in [-0.3, -0.25) is 9.59 Å². The molecule has 140 valence electrons. The summed E-state index contributed by atoms with van der Waals surface area (Å²) >= 11 is 0. The molecule has 7 nitrogen and oxygen atoms in total. The molecule has 0 bridgehead atoms. The summed E-state index contributed by atoms with van der Waals surface area (Å²) < 4.78 is 7.20. The van der Waals surface area contributed by atoms with E-state index in [1.807, 2.05) is 24.3 Å². The molecule has 0 spiro atoms. The summed E-state index contributed by atoms with van der Waals surface area (Å²) in [6.45, 7) is 4.13. The number of hydrogen-bond donors (Lipinski definition) is 2. The number of aromatic nitrogens is 2. The van der Waals surface area contributed by atoms with Gasteiger partial charge < -0.3 is 15.8 Å². The Morgan fingerprint density at radius 1 is 1.33 bits per heavy atom. The van der Waals surface area contributed by atoms with Crippen molar-refractivity contribution < 1.29 is 14.3 Å². The lowest BCUT2D eigenvalue weighted by Gasteiger charge is -2.39. The largest absolute Gasteiger partial charge is 0.496 e.